The van der Waals surface area contributed by atoms with Crippen LogP contribution in [0.25, 0.3) is 10.4 Å². The Morgan fingerprint density at radius 1 is 0.765 bits per heavy atom. The van der Waals surface area contributed by atoms with E-state index in [4.69, 9.17) is 22.7 Å². The molecule has 1 saturated heterocycles. The lowest BCUT2D eigenvalue weighted by Crippen LogP contribution is -2.56. The fraction of sp³-hybridized carbons (Fsp3) is 0.714. The van der Waals surface area contributed by atoms with Gasteiger partial charge in [-0.3, -0.25) is 57.7 Å². The summed E-state index contributed by atoms with van der Waals surface area (Å²) < 4.78 is 0. The first-order valence-electron chi connectivity index (χ1n) is 22.7. The predicted octanol–water partition coefficient (Wildman–Crippen LogP) is -1.72. The van der Waals surface area contributed by atoms with E-state index in [9.17, 15) is 57.8 Å². The van der Waals surface area contributed by atoms with Gasteiger partial charge < -0.3 is 53.8 Å². The number of Topliss-reactive ketones (excluding diaryl/α,β-unsaturated/α-hetero) is 4. The zero-order chi connectivity index (χ0) is 51.2. The van der Waals surface area contributed by atoms with Crippen LogP contribution in [0.15, 0.2) is 10.1 Å². The van der Waals surface area contributed by atoms with Gasteiger partial charge in [-0.15, -0.1) is 0 Å². The van der Waals surface area contributed by atoms with Gasteiger partial charge in [0.15, 0.2) is 29.1 Å². The van der Waals surface area contributed by atoms with E-state index in [1.807, 2.05) is 0 Å². The van der Waals surface area contributed by atoms with Gasteiger partial charge in [-0.25, -0.2) is 0 Å². The summed E-state index contributed by atoms with van der Waals surface area (Å²) in [5.74, 6) is -8.47. The summed E-state index contributed by atoms with van der Waals surface area (Å²) in [6, 6.07) is -4.64. The van der Waals surface area contributed by atoms with Gasteiger partial charge in [0.05, 0.1) is 25.7 Å². The van der Waals surface area contributed by atoms with Crippen molar-refractivity contribution < 1.29 is 57.8 Å². The van der Waals surface area contributed by atoms with Crippen molar-refractivity contribution in [3.8, 4) is 0 Å². The number of nitrogens with two attached hydrogens (primary N) is 3. The highest BCUT2D eigenvalue weighted by atomic mass is 32.1. The Labute approximate surface area is 400 Å². The molecule has 25 nitrogen and oxygen atoms in total. The molecule has 12 N–H and O–H groups in total. The Bertz CT molecular complexity index is 1860. The van der Waals surface area contributed by atoms with Crippen LogP contribution < -0.4 is 43.8 Å². The molecule has 0 aromatic rings. The molecule has 0 unspecified atom stereocenters. The molecule has 0 aliphatic carbocycles. The Morgan fingerprint density at radius 3 is 2.03 bits per heavy atom. The summed E-state index contributed by atoms with van der Waals surface area (Å²) in [7, 11) is 0. The monoisotopic (exact) mass is 979 g/mol. The van der Waals surface area contributed by atoms with E-state index in [1.54, 1.807) is 13.8 Å². The maximum Gasteiger partial charge on any atom is 0.245 e. The summed E-state index contributed by atoms with van der Waals surface area (Å²) in [6.45, 7) is 2.25. The van der Waals surface area contributed by atoms with E-state index in [2.05, 4.69) is 54.2 Å². The molecule has 0 bridgehead atoms. The number of amides is 7. The van der Waals surface area contributed by atoms with Gasteiger partial charge in [0.2, 0.25) is 41.4 Å². The molecule has 68 heavy (non-hydrogen) atoms. The number of rotatable bonds is 36. The lowest BCUT2D eigenvalue weighted by molar-refractivity contribution is -0.143. The molecule has 26 heteroatoms. The highest BCUT2D eigenvalue weighted by molar-refractivity contribution is 7.80. The molecule has 0 radical (unpaired) electrons. The number of azide groups is 1. The number of aliphatic imine (C=N–C) groups is 1. The van der Waals surface area contributed by atoms with Crippen LogP contribution in [0, 0.1) is 11.8 Å². The number of ketones is 4. The second-order valence-corrected chi connectivity index (χ2v) is 16.7. The van der Waals surface area contributed by atoms with E-state index in [0.29, 0.717) is 32.2 Å². The molecule has 0 aromatic heterocycles. The lowest BCUT2D eigenvalue weighted by atomic mass is 9.92. The maximum atomic E-state index is 14.1. The molecular formula is C42H69N13O12S. The fourth-order valence-electron chi connectivity index (χ4n) is 6.95. The van der Waals surface area contributed by atoms with Crippen molar-refractivity contribution in [1.29, 1.82) is 0 Å². The van der Waals surface area contributed by atoms with Crippen molar-refractivity contribution in [2.75, 3.05) is 45.1 Å². The SMILES string of the molecule is CCC(=O)[C@H](CS)NC(=O)[C@@H]1CCCN1C(=O)[C@H](CCCN=C(N)N)NC(=O)[C@H](CCC(N)=O)CC(=O)[C@H](CO)NC(=O)CCC(=O)CNC(=O)CCC(=O)CNC(=O)[C@@H](C)CCCCN=[N+]=[N-]. The lowest BCUT2D eigenvalue weighted by Gasteiger charge is -2.30. The number of hydrogen-bond acceptors (Lipinski definition) is 15. The molecule has 1 fully saturated rings. The second kappa shape index (κ2) is 33.4. The number of hydrogen-bond donors (Lipinski definition) is 10. The zero-order valence-corrected chi connectivity index (χ0v) is 39.8. The van der Waals surface area contributed by atoms with Crippen LogP contribution in [-0.4, -0.2) is 150 Å². The molecule has 6 atom stereocenters. The molecule has 1 rings (SSSR count). The summed E-state index contributed by atoms with van der Waals surface area (Å²) >= 11 is 4.16. The largest absolute Gasteiger partial charge is 0.394 e. The number of aliphatic hydroxyl groups excluding tert-OH is 1. The minimum atomic E-state index is -1.54. The molecule has 0 spiro atoms. The summed E-state index contributed by atoms with van der Waals surface area (Å²) in [4.78, 5) is 149. The molecule has 0 aromatic carbocycles. The Kier molecular flexibility index (Phi) is 29.4. The van der Waals surface area contributed by atoms with E-state index < -0.39 is 109 Å². The number of unbranched alkanes of at least 4 members (excludes halogenated alkanes) is 1. The Morgan fingerprint density at radius 2 is 1.43 bits per heavy atom. The van der Waals surface area contributed by atoms with Crippen LogP contribution in [0.5, 0.6) is 0 Å². The van der Waals surface area contributed by atoms with Gasteiger partial charge in [-0.1, -0.05) is 25.4 Å². The van der Waals surface area contributed by atoms with Crippen LogP contribution in [0.4, 0.5) is 0 Å². The molecule has 7 amide bonds. The van der Waals surface area contributed by atoms with Crippen LogP contribution in [-0.2, 0) is 52.7 Å². The van der Waals surface area contributed by atoms with Crippen molar-refractivity contribution in [2.45, 2.75) is 134 Å². The fourth-order valence-corrected chi connectivity index (χ4v) is 7.25. The zero-order valence-electron chi connectivity index (χ0n) is 38.9. The Balaban J connectivity index is 2.85. The number of primary amides is 1. The standard InChI is InChI=1S/C42H69N13O12S/c1-3-33(59)31(24-68)53-40(66)32-10-7-19-55(32)41(67)29(9-6-17-47-42(44)45)52-39(65)26(11-14-35(43)61)20-34(60)30(23-56)51-37(63)16-13-27(57)21-48-36(62)15-12-28(58)22-49-38(64)25(2)8-4-5-18-50-54-46/h25-26,29-32,56,68H,3-24H2,1-2H3,(H2,43,61)(H,48,62)(H,49,64)(H,51,63)(H,52,65)(H,53,66)(H4,44,45,47)/t25-,26+,29-,30-,31-,32-/m0/s1. The number of carbonyl (C=O) groups is 11. The average Bonchev–Trinajstić information content (AvgIpc) is 3.81. The van der Waals surface area contributed by atoms with Gasteiger partial charge in [0, 0.05) is 87.1 Å². The van der Waals surface area contributed by atoms with E-state index in [0.717, 1.165) is 0 Å². The van der Waals surface area contributed by atoms with E-state index in [-0.39, 0.29) is 107 Å². The van der Waals surface area contributed by atoms with Crippen LogP contribution in [0.3, 0.4) is 0 Å². The number of guanidine groups is 1. The molecule has 1 heterocycles. The minimum absolute atomic E-state index is 0.0147. The van der Waals surface area contributed by atoms with Crippen molar-refractivity contribution >= 4 is 83.1 Å². The molecular weight excluding hydrogens is 911 g/mol. The summed E-state index contributed by atoms with van der Waals surface area (Å²) in [6.07, 6.45) is 0.365. The third kappa shape index (κ3) is 24.1. The highest BCUT2D eigenvalue weighted by Crippen LogP contribution is 2.22. The van der Waals surface area contributed by atoms with E-state index >= 15 is 0 Å². The van der Waals surface area contributed by atoms with Gasteiger partial charge in [-0.2, -0.15) is 12.6 Å². The maximum absolute atomic E-state index is 14.1. The van der Waals surface area contributed by atoms with Crippen molar-refractivity contribution in [3.63, 3.8) is 0 Å². The number of nitrogens with one attached hydrogen (secondary N) is 5. The van der Waals surface area contributed by atoms with Crippen molar-refractivity contribution in [1.82, 2.24) is 31.5 Å². The third-order valence-corrected chi connectivity index (χ3v) is 11.3. The van der Waals surface area contributed by atoms with Gasteiger partial charge in [0.25, 0.3) is 0 Å². The topological polar surface area (TPSA) is 411 Å². The van der Waals surface area contributed by atoms with Gasteiger partial charge in [-0.05, 0) is 50.5 Å². The molecule has 1 aliphatic heterocycles. The molecule has 0 saturated carbocycles. The number of carbonyl (C=O) groups excluding carboxylic acids is 11. The summed E-state index contributed by atoms with van der Waals surface area (Å²) in [5, 5.41) is 25.9. The Hall–Kier alpha value is -6.14. The average molecular weight is 980 g/mol. The normalized spacial score (nSPS) is 15.2. The van der Waals surface area contributed by atoms with Crippen molar-refractivity contribution in [2.24, 2.45) is 39.1 Å². The quantitative estimate of drug-likeness (QED) is 0.00635. The predicted molar refractivity (Wildman–Crippen MR) is 250 cm³/mol. The minimum Gasteiger partial charge on any atom is -0.394 e. The number of nitrogens with zero attached hydrogens (tertiary/aromatic N) is 5. The van der Waals surface area contributed by atoms with E-state index in [1.165, 1.54) is 4.90 Å². The van der Waals surface area contributed by atoms with Crippen LogP contribution in [0.1, 0.15) is 110 Å². The first kappa shape index (κ1) is 59.9. The van der Waals surface area contributed by atoms with Gasteiger partial charge in [0.1, 0.15) is 18.1 Å². The van der Waals surface area contributed by atoms with Crippen LogP contribution >= 0.6 is 12.6 Å². The summed E-state index contributed by atoms with van der Waals surface area (Å²) in [5.41, 5.74) is 24.5. The molecule has 380 valence electrons. The second-order valence-electron chi connectivity index (χ2n) is 16.4. The number of thiol groups is 1. The van der Waals surface area contributed by atoms with Crippen LogP contribution in [0.2, 0.25) is 0 Å². The van der Waals surface area contributed by atoms with Gasteiger partial charge >= 0.3 is 0 Å². The number of aliphatic hydroxyl groups is 1. The number of likely N-dealkylation sites (tertiary alicyclic amines) is 1. The first-order chi connectivity index (χ1) is 32.3. The third-order valence-electron chi connectivity index (χ3n) is 11.0. The highest BCUT2D eigenvalue weighted by Gasteiger charge is 2.39. The smallest absolute Gasteiger partial charge is 0.245 e. The van der Waals surface area contributed by atoms with Crippen molar-refractivity contribution in [3.05, 3.63) is 10.4 Å². The molecule has 1 aliphatic rings. The first-order valence-corrected chi connectivity index (χ1v) is 23.3.